The van der Waals surface area contributed by atoms with Crippen LogP contribution in [-0.2, 0) is 6.42 Å². The van der Waals surface area contributed by atoms with Gasteiger partial charge in [-0.3, -0.25) is 10.1 Å². The maximum atomic E-state index is 12.5. The number of nitrogens with one attached hydrogen (secondary N) is 2. The summed E-state index contributed by atoms with van der Waals surface area (Å²) in [7, 11) is 0. The smallest absolute Gasteiger partial charge is 0.269 e. The fourth-order valence-electron chi connectivity index (χ4n) is 2.33. The van der Waals surface area contributed by atoms with Crippen LogP contribution in [0.2, 0.25) is 10.0 Å². The maximum absolute atomic E-state index is 12.5. The molecule has 128 valence electrons. The van der Waals surface area contributed by atoms with Crippen LogP contribution in [0.1, 0.15) is 22.2 Å². The number of fused-ring (bicyclic) bond motifs is 1. The van der Waals surface area contributed by atoms with Gasteiger partial charge in [0.1, 0.15) is 4.88 Å². The number of benzene rings is 2. The molecule has 0 aliphatic rings. The van der Waals surface area contributed by atoms with Gasteiger partial charge in [0.2, 0.25) is 0 Å². The first-order valence-corrected chi connectivity index (χ1v) is 9.55. The SMILES string of the molecule is CCc1ccc(NC(=S)NC(=O)c2sc3cc(Cl)ccc3c2Cl)cc1. The third kappa shape index (κ3) is 4.12. The van der Waals surface area contributed by atoms with E-state index in [-0.39, 0.29) is 11.0 Å². The Bertz CT molecular complexity index is 952. The summed E-state index contributed by atoms with van der Waals surface area (Å²) >= 11 is 18.8. The van der Waals surface area contributed by atoms with Gasteiger partial charge in [-0.1, -0.05) is 48.3 Å². The van der Waals surface area contributed by atoms with Crippen molar-refractivity contribution in [3.05, 3.63) is 63.0 Å². The van der Waals surface area contributed by atoms with Crippen molar-refractivity contribution in [2.45, 2.75) is 13.3 Å². The molecule has 0 spiro atoms. The zero-order chi connectivity index (χ0) is 18.0. The molecule has 0 aliphatic carbocycles. The normalized spacial score (nSPS) is 10.7. The van der Waals surface area contributed by atoms with Gasteiger partial charge in [0, 0.05) is 20.8 Å². The summed E-state index contributed by atoms with van der Waals surface area (Å²) < 4.78 is 0.858. The number of carbonyl (C=O) groups excluding carboxylic acids is 1. The number of hydrogen-bond donors (Lipinski definition) is 2. The van der Waals surface area contributed by atoms with E-state index in [2.05, 4.69) is 17.6 Å². The van der Waals surface area contributed by atoms with E-state index >= 15 is 0 Å². The summed E-state index contributed by atoms with van der Waals surface area (Å²) in [4.78, 5) is 12.9. The second kappa shape index (κ2) is 7.70. The third-order valence-corrected chi connectivity index (χ3v) is 5.74. The molecule has 2 aromatic carbocycles. The number of thiocarbonyl (C=S) groups is 1. The van der Waals surface area contributed by atoms with E-state index in [9.17, 15) is 4.79 Å². The summed E-state index contributed by atoms with van der Waals surface area (Å²) in [6.45, 7) is 2.09. The molecule has 2 N–H and O–H groups in total. The Labute approximate surface area is 164 Å². The van der Waals surface area contributed by atoms with Crippen molar-refractivity contribution in [2.24, 2.45) is 0 Å². The predicted octanol–water partition coefficient (Wildman–Crippen LogP) is 5.90. The molecule has 25 heavy (non-hydrogen) atoms. The number of carbonyl (C=O) groups is 1. The Hall–Kier alpha value is -1.66. The molecule has 3 rings (SSSR count). The standard InChI is InChI=1S/C18H14Cl2N2OS2/c1-2-10-3-6-12(7-4-10)21-18(24)22-17(23)16-15(20)13-8-5-11(19)9-14(13)25-16/h3-9H,2H2,1H3,(H2,21,22,23,24). The van der Waals surface area contributed by atoms with E-state index in [0.29, 0.717) is 14.9 Å². The minimum atomic E-state index is -0.343. The van der Waals surface area contributed by atoms with E-state index in [1.54, 1.807) is 18.2 Å². The zero-order valence-electron chi connectivity index (χ0n) is 13.2. The molecule has 0 aliphatic heterocycles. The second-order valence-electron chi connectivity index (χ2n) is 5.34. The van der Waals surface area contributed by atoms with Crippen molar-refractivity contribution in [3.63, 3.8) is 0 Å². The number of hydrogen-bond acceptors (Lipinski definition) is 3. The lowest BCUT2D eigenvalue weighted by molar-refractivity contribution is 0.0982. The molecule has 1 aromatic heterocycles. The van der Waals surface area contributed by atoms with Crippen LogP contribution in [0.3, 0.4) is 0 Å². The van der Waals surface area contributed by atoms with Crippen molar-refractivity contribution in [3.8, 4) is 0 Å². The van der Waals surface area contributed by atoms with E-state index < -0.39 is 0 Å². The van der Waals surface area contributed by atoms with Gasteiger partial charge in [0.05, 0.1) is 5.02 Å². The lowest BCUT2D eigenvalue weighted by Gasteiger charge is -2.09. The monoisotopic (exact) mass is 408 g/mol. The number of aryl methyl sites for hydroxylation is 1. The molecule has 0 saturated carbocycles. The largest absolute Gasteiger partial charge is 0.332 e. The highest BCUT2D eigenvalue weighted by Crippen LogP contribution is 2.36. The van der Waals surface area contributed by atoms with Crippen LogP contribution in [0.15, 0.2) is 42.5 Å². The van der Waals surface area contributed by atoms with Crippen molar-refractivity contribution in [1.82, 2.24) is 5.32 Å². The van der Waals surface area contributed by atoms with Gasteiger partial charge in [-0.25, -0.2) is 0 Å². The van der Waals surface area contributed by atoms with Crippen LogP contribution < -0.4 is 10.6 Å². The van der Waals surface area contributed by atoms with E-state index in [0.717, 1.165) is 22.2 Å². The summed E-state index contributed by atoms with van der Waals surface area (Å²) in [5, 5.41) is 7.69. The fourth-order valence-corrected chi connectivity index (χ4v) is 4.23. The highest BCUT2D eigenvalue weighted by Gasteiger charge is 2.18. The van der Waals surface area contributed by atoms with Gasteiger partial charge in [-0.15, -0.1) is 11.3 Å². The van der Waals surface area contributed by atoms with Crippen LogP contribution in [-0.4, -0.2) is 11.0 Å². The first-order valence-electron chi connectivity index (χ1n) is 7.56. The van der Waals surface area contributed by atoms with Crippen LogP contribution in [0, 0.1) is 0 Å². The molecule has 0 unspecified atom stereocenters. The van der Waals surface area contributed by atoms with Gasteiger partial charge >= 0.3 is 0 Å². The molecule has 3 aromatic rings. The average molecular weight is 409 g/mol. The quantitative estimate of drug-likeness (QED) is 0.530. The number of anilines is 1. The number of rotatable bonds is 3. The predicted molar refractivity (Wildman–Crippen MR) is 111 cm³/mol. The first-order chi connectivity index (χ1) is 12.0. The third-order valence-electron chi connectivity index (χ3n) is 3.64. The number of amides is 1. The zero-order valence-corrected chi connectivity index (χ0v) is 16.4. The van der Waals surface area contributed by atoms with Gasteiger partial charge < -0.3 is 5.32 Å². The average Bonchev–Trinajstić information content (AvgIpc) is 2.91. The van der Waals surface area contributed by atoms with Crippen molar-refractivity contribution < 1.29 is 4.79 Å². The second-order valence-corrected chi connectivity index (χ2v) is 7.62. The molecule has 3 nitrogen and oxygen atoms in total. The van der Waals surface area contributed by atoms with E-state index in [4.69, 9.17) is 35.4 Å². The maximum Gasteiger partial charge on any atom is 0.269 e. The minimum absolute atomic E-state index is 0.223. The lowest BCUT2D eigenvalue weighted by Crippen LogP contribution is -2.33. The van der Waals surface area contributed by atoms with Crippen molar-refractivity contribution >= 4 is 73.5 Å². The van der Waals surface area contributed by atoms with Gasteiger partial charge in [-0.2, -0.15) is 0 Å². The molecule has 1 amide bonds. The summed E-state index contributed by atoms with van der Waals surface area (Å²) in [5.41, 5.74) is 2.05. The molecule has 0 fully saturated rings. The molecule has 0 bridgehead atoms. The van der Waals surface area contributed by atoms with Crippen molar-refractivity contribution in [1.29, 1.82) is 0 Å². The molecule has 0 saturated heterocycles. The van der Waals surface area contributed by atoms with Gasteiger partial charge in [0.15, 0.2) is 5.11 Å². The molecule has 0 radical (unpaired) electrons. The number of halogens is 2. The van der Waals surface area contributed by atoms with E-state index in [1.807, 2.05) is 24.3 Å². The molecule has 7 heteroatoms. The Kier molecular flexibility index (Phi) is 5.59. The Morgan fingerprint density at radius 3 is 2.56 bits per heavy atom. The Balaban J connectivity index is 1.73. The summed E-state index contributed by atoms with van der Waals surface area (Å²) in [5.74, 6) is -0.343. The molecular weight excluding hydrogens is 395 g/mol. The van der Waals surface area contributed by atoms with Crippen LogP contribution >= 0.6 is 46.8 Å². The van der Waals surface area contributed by atoms with Gasteiger partial charge in [-0.05, 0) is 48.5 Å². The lowest BCUT2D eigenvalue weighted by atomic mass is 10.1. The van der Waals surface area contributed by atoms with Gasteiger partial charge in [0.25, 0.3) is 5.91 Å². The number of thiophene rings is 1. The fraction of sp³-hybridized carbons (Fsp3) is 0.111. The van der Waals surface area contributed by atoms with E-state index in [1.165, 1.54) is 16.9 Å². The molecule has 0 atom stereocenters. The Morgan fingerprint density at radius 2 is 1.88 bits per heavy atom. The first kappa shape index (κ1) is 18.1. The summed E-state index contributed by atoms with van der Waals surface area (Å²) in [6, 6.07) is 13.2. The highest BCUT2D eigenvalue weighted by molar-refractivity contribution is 7.80. The molecule has 1 heterocycles. The van der Waals surface area contributed by atoms with Crippen molar-refractivity contribution in [2.75, 3.05) is 5.32 Å². The van der Waals surface area contributed by atoms with Crippen LogP contribution in [0.4, 0.5) is 5.69 Å². The van der Waals surface area contributed by atoms with Crippen LogP contribution in [0.25, 0.3) is 10.1 Å². The topological polar surface area (TPSA) is 41.1 Å². The highest BCUT2D eigenvalue weighted by atomic mass is 35.5. The molecular formula is C18H14Cl2N2OS2. The Morgan fingerprint density at radius 1 is 1.16 bits per heavy atom. The summed E-state index contributed by atoms with van der Waals surface area (Å²) in [6.07, 6.45) is 0.968. The van der Waals surface area contributed by atoms with Crippen LogP contribution in [0.5, 0.6) is 0 Å². The minimum Gasteiger partial charge on any atom is -0.332 e.